The van der Waals surface area contributed by atoms with E-state index in [-0.39, 0.29) is 16.7 Å². The van der Waals surface area contributed by atoms with E-state index in [4.69, 9.17) is 0 Å². The summed E-state index contributed by atoms with van der Waals surface area (Å²) in [5, 5.41) is 0. The van der Waals surface area contributed by atoms with E-state index in [0.29, 0.717) is 6.42 Å². The van der Waals surface area contributed by atoms with Crippen LogP contribution in [0.5, 0.6) is 0 Å². The number of amides is 2. The Labute approximate surface area is 135 Å². The van der Waals surface area contributed by atoms with Crippen LogP contribution in [0.2, 0.25) is 0 Å². The quantitative estimate of drug-likeness (QED) is 0.518. The van der Waals surface area contributed by atoms with Gasteiger partial charge in [-0.25, -0.2) is 13.1 Å². The molecule has 1 aromatic rings. The standard InChI is InChI=1S/C15H19N3O4S/c19-14(10-12-6-4-5-7-12)17-18-15(20)11-16-23(21,22)13-8-2-1-3-9-13/h1-4,6,8-9,12,16H,5,7,10-11H2,(H,17,19)(H,18,20)/t12-/m1/s1. The number of nitrogens with one attached hydrogen (secondary N) is 3. The van der Waals surface area contributed by atoms with Gasteiger partial charge in [-0.2, -0.15) is 0 Å². The molecule has 0 spiro atoms. The number of rotatable bonds is 6. The Morgan fingerprint density at radius 3 is 2.43 bits per heavy atom. The molecule has 0 heterocycles. The van der Waals surface area contributed by atoms with Gasteiger partial charge < -0.3 is 0 Å². The Morgan fingerprint density at radius 2 is 1.78 bits per heavy atom. The van der Waals surface area contributed by atoms with Crippen LogP contribution in [0.1, 0.15) is 19.3 Å². The monoisotopic (exact) mass is 337 g/mol. The summed E-state index contributed by atoms with van der Waals surface area (Å²) in [6, 6.07) is 7.73. The number of hydrazine groups is 1. The van der Waals surface area contributed by atoms with Gasteiger partial charge in [0, 0.05) is 6.42 Å². The van der Waals surface area contributed by atoms with Gasteiger partial charge in [0.2, 0.25) is 15.9 Å². The summed E-state index contributed by atoms with van der Waals surface area (Å²) in [6.45, 7) is -0.458. The van der Waals surface area contributed by atoms with E-state index in [1.807, 2.05) is 12.2 Å². The average Bonchev–Trinajstić information content (AvgIpc) is 3.05. The molecule has 0 bridgehead atoms. The second kappa shape index (κ2) is 7.89. The van der Waals surface area contributed by atoms with Gasteiger partial charge in [0.15, 0.2) is 0 Å². The molecule has 1 aromatic carbocycles. The van der Waals surface area contributed by atoms with E-state index in [1.54, 1.807) is 18.2 Å². The lowest BCUT2D eigenvalue weighted by Crippen LogP contribution is -2.46. The SMILES string of the molecule is O=C(CNS(=O)(=O)c1ccccc1)NNC(=O)C[C@@H]1C=CCC1. The molecule has 0 saturated carbocycles. The molecule has 1 aliphatic rings. The molecule has 0 unspecified atom stereocenters. The van der Waals surface area contributed by atoms with Gasteiger partial charge in [0.1, 0.15) is 0 Å². The second-order valence-corrected chi connectivity index (χ2v) is 6.97. The highest BCUT2D eigenvalue weighted by Crippen LogP contribution is 2.19. The maximum atomic E-state index is 11.9. The molecule has 0 aromatic heterocycles. The third-order valence-electron chi connectivity index (χ3n) is 3.38. The van der Waals surface area contributed by atoms with Crippen LogP contribution in [0.4, 0.5) is 0 Å². The number of hydrogen-bond acceptors (Lipinski definition) is 4. The van der Waals surface area contributed by atoms with Gasteiger partial charge in [-0.05, 0) is 30.9 Å². The second-order valence-electron chi connectivity index (χ2n) is 5.20. The number of sulfonamides is 1. The lowest BCUT2D eigenvalue weighted by Gasteiger charge is -2.10. The van der Waals surface area contributed by atoms with E-state index in [9.17, 15) is 18.0 Å². The van der Waals surface area contributed by atoms with Crippen molar-refractivity contribution in [3.05, 3.63) is 42.5 Å². The summed E-state index contributed by atoms with van der Waals surface area (Å²) < 4.78 is 26.0. The first kappa shape index (κ1) is 17.2. The zero-order valence-electron chi connectivity index (χ0n) is 12.5. The van der Waals surface area contributed by atoms with E-state index in [0.717, 1.165) is 12.8 Å². The lowest BCUT2D eigenvalue weighted by atomic mass is 10.1. The molecule has 1 atom stereocenters. The van der Waals surface area contributed by atoms with Crippen LogP contribution in [-0.4, -0.2) is 26.8 Å². The molecule has 2 amide bonds. The molecule has 0 fully saturated rings. The minimum atomic E-state index is -3.75. The van der Waals surface area contributed by atoms with Gasteiger partial charge in [-0.1, -0.05) is 30.4 Å². The van der Waals surface area contributed by atoms with Crippen molar-refractivity contribution in [2.45, 2.75) is 24.2 Å². The zero-order chi connectivity index (χ0) is 16.7. The van der Waals surface area contributed by atoms with E-state index >= 15 is 0 Å². The molecule has 3 N–H and O–H groups in total. The fourth-order valence-electron chi connectivity index (χ4n) is 2.18. The molecular formula is C15H19N3O4S. The highest BCUT2D eigenvalue weighted by atomic mass is 32.2. The Bertz CT molecular complexity index is 686. The Morgan fingerprint density at radius 1 is 1.09 bits per heavy atom. The van der Waals surface area contributed by atoms with Crippen LogP contribution in [0.25, 0.3) is 0 Å². The normalized spacial score (nSPS) is 17.0. The van der Waals surface area contributed by atoms with Crippen molar-refractivity contribution >= 4 is 21.8 Å². The largest absolute Gasteiger partial charge is 0.273 e. The zero-order valence-corrected chi connectivity index (χ0v) is 13.3. The molecule has 2 rings (SSSR count). The third kappa shape index (κ3) is 5.50. The van der Waals surface area contributed by atoms with Crippen LogP contribution in [0.3, 0.4) is 0 Å². The minimum absolute atomic E-state index is 0.0739. The van der Waals surface area contributed by atoms with Crippen molar-refractivity contribution in [1.29, 1.82) is 0 Å². The van der Waals surface area contributed by atoms with E-state index in [1.165, 1.54) is 12.1 Å². The summed E-state index contributed by atoms with van der Waals surface area (Å²) in [4.78, 5) is 23.3. The molecule has 7 nitrogen and oxygen atoms in total. The van der Waals surface area contributed by atoms with Crippen molar-refractivity contribution in [1.82, 2.24) is 15.6 Å². The predicted molar refractivity (Wildman–Crippen MR) is 84.4 cm³/mol. The van der Waals surface area contributed by atoms with Crippen molar-refractivity contribution in [2.24, 2.45) is 5.92 Å². The number of carbonyl (C=O) groups excluding carboxylic acids is 2. The Kier molecular flexibility index (Phi) is 5.89. The Hall–Kier alpha value is -2.19. The van der Waals surface area contributed by atoms with Gasteiger partial charge in [0.05, 0.1) is 11.4 Å². The highest BCUT2D eigenvalue weighted by molar-refractivity contribution is 7.89. The maximum absolute atomic E-state index is 11.9. The fourth-order valence-corrected chi connectivity index (χ4v) is 3.18. The van der Waals surface area contributed by atoms with Gasteiger partial charge >= 0.3 is 0 Å². The summed E-state index contributed by atoms with van der Waals surface area (Å²) >= 11 is 0. The van der Waals surface area contributed by atoms with Gasteiger partial charge in [-0.3, -0.25) is 20.4 Å². The summed E-state index contributed by atoms with van der Waals surface area (Å²) in [7, 11) is -3.75. The maximum Gasteiger partial charge on any atom is 0.253 e. The molecule has 1 aliphatic carbocycles. The molecule has 8 heteroatoms. The Balaban J connectivity index is 1.72. The topological polar surface area (TPSA) is 104 Å². The number of hydrogen-bond donors (Lipinski definition) is 3. The summed E-state index contributed by atoms with van der Waals surface area (Å²) in [5.41, 5.74) is 4.47. The average molecular weight is 337 g/mol. The van der Waals surface area contributed by atoms with E-state index < -0.39 is 22.5 Å². The van der Waals surface area contributed by atoms with Crippen LogP contribution in [0, 0.1) is 5.92 Å². The first-order valence-electron chi connectivity index (χ1n) is 7.26. The van der Waals surface area contributed by atoms with Crippen molar-refractivity contribution in [2.75, 3.05) is 6.54 Å². The number of allylic oxidation sites excluding steroid dienone is 2. The minimum Gasteiger partial charge on any atom is -0.273 e. The lowest BCUT2D eigenvalue weighted by molar-refractivity contribution is -0.128. The molecular weight excluding hydrogens is 318 g/mol. The van der Waals surface area contributed by atoms with Crippen molar-refractivity contribution in [3.8, 4) is 0 Å². The smallest absolute Gasteiger partial charge is 0.253 e. The molecule has 0 saturated heterocycles. The fraction of sp³-hybridized carbons (Fsp3) is 0.333. The molecule has 0 radical (unpaired) electrons. The van der Waals surface area contributed by atoms with Crippen LogP contribution >= 0.6 is 0 Å². The van der Waals surface area contributed by atoms with Crippen LogP contribution < -0.4 is 15.6 Å². The third-order valence-corrected chi connectivity index (χ3v) is 4.79. The van der Waals surface area contributed by atoms with Crippen molar-refractivity contribution < 1.29 is 18.0 Å². The highest BCUT2D eigenvalue weighted by Gasteiger charge is 2.16. The predicted octanol–water partition coefficient (Wildman–Crippen LogP) is 0.469. The molecule has 0 aliphatic heterocycles. The first-order valence-corrected chi connectivity index (χ1v) is 8.75. The van der Waals surface area contributed by atoms with E-state index in [2.05, 4.69) is 15.6 Å². The van der Waals surface area contributed by atoms with Gasteiger partial charge in [0.25, 0.3) is 5.91 Å². The van der Waals surface area contributed by atoms with Gasteiger partial charge in [-0.15, -0.1) is 0 Å². The number of carbonyl (C=O) groups is 2. The molecule has 124 valence electrons. The summed E-state index contributed by atoms with van der Waals surface area (Å²) in [6.07, 6.45) is 6.20. The molecule has 23 heavy (non-hydrogen) atoms. The first-order chi connectivity index (χ1) is 11.0. The summed E-state index contributed by atoms with van der Waals surface area (Å²) in [5.74, 6) is -0.746. The number of benzene rings is 1. The van der Waals surface area contributed by atoms with Crippen LogP contribution in [-0.2, 0) is 19.6 Å². The van der Waals surface area contributed by atoms with Crippen LogP contribution in [0.15, 0.2) is 47.4 Å². The van der Waals surface area contributed by atoms with Crippen molar-refractivity contribution in [3.63, 3.8) is 0 Å².